The molecule has 1 aromatic rings. The number of benzene rings is 1. The molecule has 96 valence electrons. The van der Waals surface area contributed by atoms with Gasteiger partial charge >= 0.3 is 0 Å². The van der Waals surface area contributed by atoms with Crippen LogP contribution in [-0.2, 0) is 10.0 Å². The van der Waals surface area contributed by atoms with Crippen LogP contribution in [0.1, 0.15) is 27.2 Å². The van der Waals surface area contributed by atoms with Crippen molar-refractivity contribution in [3.8, 4) is 0 Å². The molecule has 0 bridgehead atoms. The molecule has 0 atom stereocenters. The van der Waals surface area contributed by atoms with E-state index in [2.05, 4.69) is 0 Å². The van der Waals surface area contributed by atoms with Crippen LogP contribution in [-0.4, -0.2) is 25.3 Å². The number of hydrogen-bond acceptors (Lipinski definition) is 2. The maximum Gasteiger partial charge on any atom is 0.246 e. The van der Waals surface area contributed by atoms with Crippen LogP contribution >= 0.6 is 0 Å². The highest BCUT2D eigenvalue weighted by molar-refractivity contribution is 7.89. The lowest BCUT2D eigenvalue weighted by atomic mass is 10.3. The van der Waals surface area contributed by atoms with Gasteiger partial charge in [0.15, 0.2) is 0 Å². The maximum atomic E-state index is 13.5. The molecule has 0 radical (unpaired) electrons. The first-order valence-corrected chi connectivity index (χ1v) is 7.11. The van der Waals surface area contributed by atoms with E-state index in [9.17, 15) is 12.8 Å². The van der Waals surface area contributed by atoms with Crippen LogP contribution in [0.15, 0.2) is 29.2 Å². The molecule has 0 aliphatic carbocycles. The Morgan fingerprint density at radius 2 is 1.88 bits per heavy atom. The van der Waals surface area contributed by atoms with E-state index < -0.39 is 15.8 Å². The minimum absolute atomic E-state index is 0.181. The Balaban J connectivity index is 3.22. The predicted molar refractivity (Wildman–Crippen MR) is 65.7 cm³/mol. The zero-order valence-electron chi connectivity index (χ0n) is 10.4. The summed E-state index contributed by atoms with van der Waals surface area (Å²) in [5.74, 6) is -0.700. The smallest absolute Gasteiger partial charge is 0.207 e. The second-order valence-corrected chi connectivity index (χ2v) is 6.00. The molecular formula is C12H18FNO2S. The summed E-state index contributed by atoms with van der Waals surface area (Å²) < 4.78 is 39.4. The Labute approximate surface area is 102 Å². The van der Waals surface area contributed by atoms with Crippen LogP contribution in [0, 0.1) is 5.82 Å². The second-order valence-electron chi connectivity index (χ2n) is 4.14. The van der Waals surface area contributed by atoms with Crippen molar-refractivity contribution in [1.29, 1.82) is 0 Å². The van der Waals surface area contributed by atoms with Crippen LogP contribution in [0.3, 0.4) is 0 Å². The fourth-order valence-electron chi connectivity index (χ4n) is 1.66. The van der Waals surface area contributed by atoms with E-state index in [1.165, 1.54) is 22.5 Å². The van der Waals surface area contributed by atoms with Gasteiger partial charge in [-0.15, -0.1) is 0 Å². The van der Waals surface area contributed by atoms with Crippen molar-refractivity contribution in [1.82, 2.24) is 4.31 Å². The molecule has 0 aliphatic rings. The van der Waals surface area contributed by atoms with Crippen molar-refractivity contribution >= 4 is 10.0 Å². The molecule has 0 aliphatic heterocycles. The van der Waals surface area contributed by atoms with E-state index >= 15 is 0 Å². The van der Waals surface area contributed by atoms with Crippen molar-refractivity contribution in [2.24, 2.45) is 0 Å². The lowest BCUT2D eigenvalue weighted by molar-refractivity contribution is 0.352. The highest BCUT2D eigenvalue weighted by Gasteiger charge is 2.28. The lowest BCUT2D eigenvalue weighted by Gasteiger charge is -2.25. The van der Waals surface area contributed by atoms with Gasteiger partial charge in [0.25, 0.3) is 0 Å². The molecule has 0 saturated heterocycles. The van der Waals surface area contributed by atoms with Crippen molar-refractivity contribution in [3.63, 3.8) is 0 Å². The third-order valence-electron chi connectivity index (χ3n) is 2.44. The normalized spacial score (nSPS) is 12.4. The summed E-state index contributed by atoms with van der Waals surface area (Å²) in [7, 11) is -3.73. The van der Waals surface area contributed by atoms with Gasteiger partial charge in [-0.25, -0.2) is 12.8 Å². The maximum absolute atomic E-state index is 13.5. The molecule has 1 rings (SSSR count). The Morgan fingerprint density at radius 1 is 1.29 bits per heavy atom. The molecule has 5 heteroatoms. The van der Waals surface area contributed by atoms with E-state index in [1.807, 2.05) is 6.92 Å². The van der Waals surface area contributed by atoms with E-state index in [0.717, 1.165) is 6.07 Å². The number of nitrogens with zero attached hydrogens (tertiary/aromatic N) is 1. The fraction of sp³-hybridized carbons (Fsp3) is 0.500. The van der Waals surface area contributed by atoms with E-state index in [1.54, 1.807) is 13.8 Å². The molecule has 0 heterocycles. The van der Waals surface area contributed by atoms with E-state index in [-0.39, 0.29) is 10.9 Å². The molecule has 0 saturated carbocycles. The molecule has 0 spiro atoms. The van der Waals surface area contributed by atoms with Gasteiger partial charge < -0.3 is 0 Å². The Bertz CT molecular complexity index is 471. The average Bonchev–Trinajstić information content (AvgIpc) is 2.25. The van der Waals surface area contributed by atoms with Crippen molar-refractivity contribution in [2.75, 3.05) is 6.54 Å². The van der Waals surface area contributed by atoms with E-state index in [0.29, 0.717) is 13.0 Å². The monoisotopic (exact) mass is 259 g/mol. The summed E-state index contributed by atoms with van der Waals surface area (Å²) in [6, 6.07) is 5.29. The highest BCUT2D eigenvalue weighted by atomic mass is 32.2. The molecule has 0 N–H and O–H groups in total. The number of halogens is 1. The van der Waals surface area contributed by atoms with Crippen molar-refractivity contribution < 1.29 is 12.8 Å². The summed E-state index contributed by atoms with van der Waals surface area (Å²) in [6.07, 6.45) is 0.700. The number of rotatable bonds is 5. The Hall–Kier alpha value is -0.940. The van der Waals surface area contributed by atoms with Crippen molar-refractivity contribution in [3.05, 3.63) is 30.1 Å². The first-order valence-electron chi connectivity index (χ1n) is 5.67. The van der Waals surface area contributed by atoms with Crippen LogP contribution < -0.4 is 0 Å². The summed E-state index contributed by atoms with van der Waals surface area (Å²) in [4.78, 5) is -0.248. The van der Waals surface area contributed by atoms with Crippen LogP contribution in [0.4, 0.5) is 4.39 Å². The second kappa shape index (κ2) is 5.60. The first kappa shape index (κ1) is 14.1. The van der Waals surface area contributed by atoms with Gasteiger partial charge in [-0.05, 0) is 32.4 Å². The van der Waals surface area contributed by atoms with Crippen LogP contribution in [0.5, 0.6) is 0 Å². The summed E-state index contributed by atoms with van der Waals surface area (Å²) in [5.41, 5.74) is 0. The summed E-state index contributed by atoms with van der Waals surface area (Å²) in [5, 5.41) is 0. The Kier molecular flexibility index (Phi) is 4.65. The molecular weight excluding hydrogens is 241 g/mol. The van der Waals surface area contributed by atoms with Gasteiger partial charge in [0.05, 0.1) is 0 Å². The van der Waals surface area contributed by atoms with Gasteiger partial charge in [-0.3, -0.25) is 0 Å². The minimum Gasteiger partial charge on any atom is -0.207 e. The zero-order valence-corrected chi connectivity index (χ0v) is 11.2. The molecule has 17 heavy (non-hydrogen) atoms. The molecule has 0 amide bonds. The fourth-order valence-corrected chi connectivity index (χ4v) is 3.45. The minimum atomic E-state index is -3.73. The topological polar surface area (TPSA) is 37.4 Å². The van der Waals surface area contributed by atoms with Gasteiger partial charge in [0, 0.05) is 12.6 Å². The van der Waals surface area contributed by atoms with Gasteiger partial charge in [0.2, 0.25) is 10.0 Å². The van der Waals surface area contributed by atoms with E-state index in [4.69, 9.17) is 0 Å². The number of sulfonamides is 1. The molecule has 0 unspecified atom stereocenters. The van der Waals surface area contributed by atoms with Crippen LogP contribution in [0.2, 0.25) is 0 Å². The number of hydrogen-bond donors (Lipinski definition) is 0. The molecule has 0 aromatic heterocycles. The van der Waals surface area contributed by atoms with Gasteiger partial charge in [-0.2, -0.15) is 4.31 Å². The zero-order chi connectivity index (χ0) is 13.1. The molecule has 1 aromatic carbocycles. The van der Waals surface area contributed by atoms with Gasteiger partial charge in [-0.1, -0.05) is 19.1 Å². The largest absolute Gasteiger partial charge is 0.246 e. The lowest BCUT2D eigenvalue weighted by Crippen LogP contribution is -2.37. The average molecular weight is 259 g/mol. The SMILES string of the molecule is CCCN(C(C)C)S(=O)(=O)c1ccccc1F. The summed E-state index contributed by atoms with van der Waals surface area (Å²) >= 11 is 0. The quantitative estimate of drug-likeness (QED) is 0.815. The molecule has 3 nitrogen and oxygen atoms in total. The summed E-state index contributed by atoms with van der Waals surface area (Å²) in [6.45, 7) is 5.86. The highest BCUT2D eigenvalue weighted by Crippen LogP contribution is 2.21. The third kappa shape index (κ3) is 3.04. The third-order valence-corrected chi connectivity index (χ3v) is 4.55. The Morgan fingerprint density at radius 3 is 2.35 bits per heavy atom. The first-order chi connectivity index (χ1) is 7.91. The van der Waals surface area contributed by atoms with Crippen molar-refractivity contribution in [2.45, 2.75) is 38.1 Å². The standard InChI is InChI=1S/C12H18FNO2S/c1-4-9-14(10(2)3)17(15,16)12-8-6-5-7-11(12)13/h5-8,10H,4,9H2,1-3H3. The van der Waals surface area contributed by atoms with Gasteiger partial charge in [0.1, 0.15) is 10.7 Å². The van der Waals surface area contributed by atoms with Crippen LogP contribution in [0.25, 0.3) is 0 Å². The predicted octanol–water partition coefficient (Wildman–Crippen LogP) is 2.63. The molecule has 0 fully saturated rings.